The van der Waals surface area contributed by atoms with Crippen LogP contribution in [0.4, 0.5) is 5.69 Å². The first-order chi connectivity index (χ1) is 14.4. The van der Waals surface area contributed by atoms with Crippen molar-refractivity contribution in [2.75, 3.05) is 5.32 Å². The lowest BCUT2D eigenvalue weighted by molar-refractivity contribution is -0.116. The molecule has 4 aromatic rings. The number of aryl methyl sites for hydroxylation is 2. The molecule has 1 N–H and O–H groups in total. The van der Waals surface area contributed by atoms with Gasteiger partial charge in [0.25, 0.3) is 5.56 Å². The van der Waals surface area contributed by atoms with Crippen molar-refractivity contribution in [2.24, 2.45) is 0 Å². The lowest BCUT2D eigenvalue weighted by Gasteiger charge is -2.10. The zero-order valence-electron chi connectivity index (χ0n) is 16.6. The maximum absolute atomic E-state index is 12.8. The number of carbonyl (C=O) groups excluding carboxylic acids is 1. The summed E-state index contributed by atoms with van der Waals surface area (Å²) in [6.07, 6.45) is 3.09. The minimum atomic E-state index is -0.231. The number of anilines is 1. The molecule has 0 saturated carbocycles. The molecule has 0 unspecified atom stereocenters. The molecule has 2 aromatic carbocycles. The molecular weight excluding hydrogens is 402 g/mol. The van der Waals surface area contributed by atoms with Crippen LogP contribution in [0.3, 0.4) is 0 Å². The fourth-order valence-electron chi connectivity index (χ4n) is 3.16. The summed E-state index contributed by atoms with van der Waals surface area (Å²) >= 11 is 6.09. The number of nitrogens with one attached hydrogen (secondary N) is 1. The second-order valence-corrected chi connectivity index (χ2v) is 7.49. The molecule has 0 bridgehead atoms. The van der Waals surface area contributed by atoms with Crippen molar-refractivity contribution in [2.45, 2.75) is 26.8 Å². The zero-order chi connectivity index (χ0) is 21.3. The van der Waals surface area contributed by atoms with Crippen molar-refractivity contribution >= 4 is 34.2 Å². The Morgan fingerprint density at radius 2 is 1.90 bits per heavy atom. The number of carbonyl (C=O) groups is 1. The Morgan fingerprint density at radius 1 is 1.13 bits per heavy atom. The van der Waals surface area contributed by atoms with Crippen molar-refractivity contribution in [3.8, 4) is 5.69 Å². The lowest BCUT2D eigenvalue weighted by atomic mass is 10.2. The van der Waals surface area contributed by atoms with E-state index in [1.165, 1.54) is 17.1 Å². The van der Waals surface area contributed by atoms with Crippen LogP contribution in [0.2, 0.25) is 5.02 Å². The van der Waals surface area contributed by atoms with Gasteiger partial charge in [0.05, 0.1) is 18.2 Å². The van der Waals surface area contributed by atoms with Gasteiger partial charge >= 0.3 is 0 Å². The number of hydrogen-bond acceptors (Lipinski definition) is 4. The molecule has 0 fully saturated rings. The van der Waals surface area contributed by atoms with E-state index < -0.39 is 0 Å². The van der Waals surface area contributed by atoms with Crippen LogP contribution >= 0.6 is 11.6 Å². The van der Waals surface area contributed by atoms with Crippen molar-refractivity contribution in [3.05, 3.63) is 81.5 Å². The number of rotatable bonds is 5. The number of nitrogens with zero attached hydrogens (tertiary/aromatic N) is 4. The number of amides is 1. The van der Waals surface area contributed by atoms with Gasteiger partial charge in [-0.3, -0.25) is 14.2 Å². The number of halogens is 1. The van der Waals surface area contributed by atoms with Crippen LogP contribution in [-0.2, 0) is 11.3 Å². The van der Waals surface area contributed by atoms with Crippen LogP contribution < -0.4 is 10.9 Å². The first-order valence-corrected chi connectivity index (χ1v) is 9.87. The molecule has 0 spiro atoms. The van der Waals surface area contributed by atoms with Gasteiger partial charge in [-0.1, -0.05) is 35.4 Å². The van der Waals surface area contributed by atoms with Gasteiger partial charge in [-0.25, -0.2) is 9.67 Å². The molecule has 2 heterocycles. The van der Waals surface area contributed by atoms with Crippen LogP contribution in [-0.4, -0.2) is 25.2 Å². The summed E-state index contributed by atoms with van der Waals surface area (Å²) in [5, 5.41) is 8.14. The van der Waals surface area contributed by atoms with Gasteiger partial charge in [0.1, 0.15) is 5.39 Å². The predicted octanol–water partition coefficient (Wildman–Crippen LogP) is 3.88. The average Bonchev–Trinajstić information content (AvgIpc) is 3.16. The Hall–Kier alpha value is -3.45. The highest BCUT2D eigenvalue weighted by molar-refractivity contribution is 6.31. The third-order valence-electron chi connectivity index (χ3n) is 4.95. The van der Waals surface area contributed by atoms with Crippen LogP contribution in [0, 0.1) is 13.8 Å². The summed E-state index contributed by atoms with van der Waals surface area (Å²) in [5.74, 6) is -0.206. The van der Waals surface area contributed by atoms with Crippen LogP contribution in [0.25, 0.3) is 16.7 Å². The van der Waals surface area contributed by atoms with E-state index in [9.17, 15) is 9.59 Å². The Balaban J connectivity index is 1.52. The molecule has 2 aromatic heterocycles. The molecule has 0 atom stereocenters. The average molecular weight is 422 g/mol. The summed E-state index contributed by atoms with van der Waals surface area (Å²) in [7, 11) is 0. The molecule has 30 heavy (non-hydrogen) atoms. The molecule has 152 valence electrons. The molecule has 1 amide bonds. The van der Waals surface area contributed by atoms with E-state index in [-0.39, 0.29) is 24.4 Å². The smallest absolute Gasteiger partial charge is 0.264 e. The SMILES string of the molecule is Cc1ccc(-n2ncc3c(=O)n(CCC(=O)Nc4cccc(Cl)c4C)cnc32)cc1. The van der Waals surface area contributed by atoms with E-state index in [4.69, 9.17) is 11.6 Å². The normalized spacial score (nSPS) is 11.0. The first kappa shape index (κ1) is 19.8. The molecule has 0 aliphatic carbocycles. The Kier molecular flexibility index (Phi) is 5.37. The standard InChI is InChI=1S/C22H20ClN5O2/c1-14-6-8-16(9-7-14)28-21-17(12-25-28)22(30)27(13-24-21)11-10-20(29)26-19-5-3-4-18(23)15(19)2/h3-9,12-13H,10-11H2,1-2H3,(H,26,29). The fraction of sp³-hybridized carbons (Fsp3) is 0.182. The molecule has 0 aliphatic heterocycles. The monoisotopic (exact) mass is 421 g/mol. The maximum Gasteiger partial charge on any atom is 0.264 e. The zero-order valence-corrected chi connectivity index (χ0v) is 17.3. The van der Waals surface area contributed by atoms with Gasteiger partial charge in [-0.05, 0) is 43.7 Å². The number of aromatic nitrogens is 4. The van der Waals surface area contributed by atoms with Crippen molar-refractivity contribution in [1.29, 1.82) is 0 Å². The lowest BCUT2D eigenvalue weighted by Crippen LogP contribution is -2.23. The second kappa shape index (κ2) is 8.12. The van der Waals surface area contributed by atoms with Gasteiger partial charge in [0, 0.05) is 23.7 Å². The van der Waals surface area contributed by atoms with Crippen molar-refractivity contribution < 1.29 is 4.79 Å². The number of fused-ring (bicyclic) bond motifs is 1. The fourth-order valence-corrected chi connectivity index (χ4v) is 3.33. The van der Waals surface area contributed by atoms with Crippen molar-refractivity contribution in [3.63, 3.8) is 0 Å². The molecule has 0 aliphatic rings. The highest BCUT2D eigenvalue weighted by Gasteiger charge is 2.13. The quantitative estimate of drug-likeness (QED) is 0.530. The van der Waals surface area contributed by atoms with E-state index in [0.29, 0.717) is 21.7 Å². The molecular formula is C22H20ClN5O2. The summed E-state index contributed by atoms with van der Waals surface area (Å²) in [6, 6.07) is 13.1. The minimum absolute atomic E-state index is 0.130. The van der Waals surface area contributed by atoms with E-state index >= 15 is 0 Å². The van der Waals surface area contributed by atoms with E-state index in [1.807, 2.05) is 38.1 Å². The van der Waals surface area contributed by atoms with Gasteiger partial charge in [0.2, 0.25) is 5.91 Å². The molecule has 7 nitrogen and oxygen atoms in total. The highest BCUT2D eigenvalue weighted by Crippen LogP contribution is 2.23. The first-order valence-electron chi connectivity index (χ1n) is 9.49. The largest absolute Gasteiger partial charge is 0.326 e. The molecule has 0 radical (unpaired) electrons. The van der Waals surface area contributed by atoms with Crippen LogP contribution in [0.15, 0.2) is 59.8 Å². The van der Waals surface area contributed by atoms with E-state index in [2.05, 4.69) is 15.4 Å². The van der Waals surface area contributed by atoms with Gasteiger partial charge in [0.15, 0.2) is 5.65 Å². The summed E-state index contributed by atoms with van der Waals surface area (Å²) in [6.45, 7) is 4.06. The molecule has 8 heteroatoms. The van der Waals surface area contributed by atoms with Crippen LogP contribution in [0.1, 0.15) is 17.5 Å². The minimum Gasteiger partial charge on any atom is -0.326 e. The highest BCUT2D eigenvalue weighted by atomic mass is 35.5. The Morgan fingerprint density at radius 3 is 2.67 bits per heavy atom. The summed E-state index contributed by atoms with van der Waals surface area (Å²) < 4.78 is 3.06. The molecule has 0 saturated heterocycles. The van der Waals surface area contributed by atoms with E-state index in [0.717, 1.165) is 16.8 Å². The molecule has 4 rings (SSSR count). The Bertz CT molecular complexity index is 1290. The maximum atomic E-state index is 12.8. The van der Waals surface area contributed by atoms with E-state index in [1.54, 1.807) is 22.9 Å². The number of hydrogen-bond donors (Lipinski definition) is 1. The van der Waals surface area contributed by atoms with Gasteiger partial charge < -0.3 is 5.32 Å². The third kappa shape index (κ3) is 3.84. The summed E-state index contributed by atoms with van der Waals surface area (Å²) in [5.41, 5.74) is 3.68. The summed E-state index contributed by atoms with van der Waals surface area (Å²) in [4.78, 5) is 29.6. The van der Waals surface area contributed by atoms with Gasteiger partial charge in [-0.2, -0.15) is 5.10 Å². The van der Waals surface area contributed by atoms with Crippen molar-refractivity contribution in [1.82, 2.24) is 19.3 Å². The van der Waals surface area contributed by atoms with Gasteiger partial charge in [-0.15, -0.1) is 0 Å². The van der Waals surface area contributed by atoms with Crippen LogP contribution in [0.5, 0.6) is 0 Å². The Labute approximate surface area is 177 Å². The second-order valence-electron chi connectivity index (χ2n) is 7.08. The number of benzene rings is 2. The topological polar surface area (TPSA) is 81.8 Å². The predicted molar refractivity (Wildman–Crippen MR) is 117 cm³/mol. The third-order valence-corrected chi connectivity index (χ3v) is 5.36.